The lowest BCUT2D eigenvalue weighted by Gasteiger charge is -2.22. The number of carbonyl (C=O) groups is 2. The Morgan fingerprint density at radius 3 is 2.17 bits per heavy atom. The summed E-state index contributed by atoms with van der Waals surface area (Å²) in [5, 5.41) is 7.82. The summed E-state index contributed by atoms with van der Waals surface area (Å²) < 4.78 is 13.0. The zero-order chi connectivity index (χ0) is 20.2. The third-order valence-electron chi connectivity index (χ3n) is 5.41. The van der Waals surface area contributed by atoms with Gasteiger partial charge in [-0.2, -0.15) is 0 Å². The van der Waals surface area contributed by atoms with Crippen molar-refractivity contribution in [2.75, 3.05) is 5.32 Å². The maximum Gasteiger partial charge on any atom is 0.255 e. The number of halogens is 1. The van der Waals surface area contributed by atoms with Crippen molar-refractivity contribution in [3.8, 4) is 0 Å². The van der Waals surface area contributed by atoms with Gasteiger partial charge in [0.25, 0.3) is 11.8 Å². The van der Waals surface area contributed by atoms with Crippen molar-refractivity contribution in [1.82, 2.24) is 5.32 Å². The molecule has 1 fully saturated rings. The summed E-state index contributed by atoms with van der Waals surface area (Å²) in [5.41, 5.74) is 1.68. The zero-order valence-electron chi connectivity index (χ0n) is 16.1. The number of hydrogen-bond acceptors (Lipinski definition) is 2. The van der Waals surface area contributed by atoms with Crippen molar-refractivity contribution >= 4 is 28.3 Å². The van der Waals surface area contributed by atoms with E-state index in [9.17, 15) is 14.0 Å². The lowest BCUT2D eigenvalue weighted by Crippen LogP contribution is -2.36. The Labute approximate surface area is 169 Å². The summed E-state index contributed by atoms with van der Waals surface area (Å²) in [6, 6.07) is 16.8. The maximum absolute atomic E-state index is 13.0. The fourth-order valence-corrected chi connectivity index (χ4v) is 3.78. The molecule has 1 aliphatic carbocycles. The molecule has 3 aromatic carbocycles. The van der Waals surface area contributed by atoms with Crippen molar-refractivity contribution in [1.29, 1.82) is 0 Å². The Morgan fingerprint density at radius 1 is 0.759 bits per heavy atom. The van der Waals surface area contributed by atoms with Crippen LogP contribution in [0.5, 0.6) is 0 Å². The molecule has 0 radical (unpaired) electrons. The molecule has 0 spiro atoms. The predicted molar refractivity (Wildman–Crippen MR) is 113 cm³/mol. The molecule has 2 N–H and O–H groups in total. The van der Waals surface area contributed by atoms with E-state index in [0.717, 1.165) is 23.6 Å². The van der Waals surface area contributed by atoms with Gasteiger partial charge in [0.1, 0.15) is 5.82 Å². The van der Waals surface area contributed by atoms with Crippen LogP contribution >= 0.6 is 0 Å². The average molecular weight is 390 g/mol. The van der Waals surface area contributed by atoms with Gasteiger partial charge in [0.2, 0.25) is 0 Å². The van der Waals surface area contributed by atoms with Gasteiger partial charge >= 0.3 is 0 Å². The van der Waals surface area contributed by atoms with E-state index in [4.69, 9.17) is 0 Å². The molecule has 0 heterocycles. The summed E-state index contributed by atoms with van der Waals surface area (Å²) >= 11 is 0. The highest BCUT2D eigenvalue weighted by molar-refractivity contribution is 6.05. The zero-order valence-corrected chi connectivity index (χ0v) is 16.1. The van der Waals surface area contributed by atoms with Gasteiger partial charge in [-0.05, 0) is 72.1 Å². The molecule has 0 saturated heterocycles. The van der Waals surface area contributed by atoms with Gasteiger partial charge < -0.3 is 10.6 Å². The van der Waals surface area contributed by atoms with E-state index in [0.29, 0.717) is 16.8 Å². The van der Waals surface area contributed by atoms with Crippen LogP contribution in [0.25, 0.3) is 10.8 Å². The highest BCUT2D eigenvalue weighted by Gasteiger charge is 2.17. The fourth-order valence-electron chi connectivity index (χ4n) is 3.78. The summed E-state index contributed by atoms with van der Waals surface area (Å²) in [5.74, 6) is -0.712. The predicted octanol–water partition coefficient (Wildman–Crippen LogP) is 5.29. The van der Waals surface area contributed by atoms with Crippen molar-refractivity contribution in [2.24, 2.45) is 0 Å². The van der Waals surface area contributed by atoms with E-state index >= 15 is 0 Å². The van der Waals surface area contributed by atoms with Crippen LogP contribution in [0.2, 0.25) is 0 Å². The fraction of sp³-hybridized carbons (Fsp3) is 0.250. The number of benzene rings is 3. The van der Waals surface area contributed by atoms with Gasteiger partial charge in [0.15, 0.2) is 0 Å². The van der Waals surface area contributed by atoms with Crippen LogP contribution in [0.3, 0.4) is 0 Å². The van der Waals surface area contributed by atoms with E-state index in [1.54, 1.807) is 6.07 Å². The van der Waals surface area contributed by atoms with E-state index in [1.165, 1.54) is 43.5 Å². The van der Waals surface area contributed by atoms with E-state index in [2.05, 4.69) is 10.6 Å². The summed E-state index contributed by atoms with van der Waals surface area (Å²) in [4.78, 5) is 24.9. The molecular formula is C24H23FN2O2. The first kappa shape index (κ1) is 19.1. The molecule has 5 heteroatoms. The van der Waals surface area contributed by atoms with Gasteiger partial charge in [0, 0.05) is 22.9 Å². The van der Waals surface area contributed by atoms with Gasteiger partial charge in [0.05, 0.1) is 0 Å². The van der Waals surface area contributed by atoms with E-state index in [1.807, 2.05) is 30.3 Å². The van der Waals surface area contributed by atoms with Crippen LogP contribution in [0.1, 0.15) is 52.8 Å². The van der Waals surface area contributed by atoms with Crippen LogP contribution in [0, 0.1) is 5.82 Å². The Kier molecular flexibility index (Phi) is 5.56. The normalized spacial score (nSPS) is 14.5. The molecule has 0 bridgehead atoms. The standard InChI is InChI=1S/C24H23FN2O2/c25-20-11-8-16(9-12-20)23(28)27-22-13-10-17-14-19(7-6-18(17)15-22)24(29)26-21-4-2-1-3-5-21/h6-15,21H,1-5H2,(H,26,29)(H,27,28). The topological polar surface area (TPSA) is 58.2 Å². The Balaban J connectivity index is 1.47. The molecule has 29 heavy (non-hydrogen) atoms. The number of anilines is 1. The summed E-state index contributed by atoms with van der Waals surface area (Å²) in [7, 11) is 0. The van der Waals surface area contributed by atoms with Crippen molar-refractivity contribution < 1.29 is 14.0 Å². The van der Waals surface area contributed by atoms with Crippen molar-refractivity contribution in [3.63, 3.8) is 0 Å². The van der Waals surface area contributed by atoms with Crippen LogP contribution in [0.15, 0.2) is 60.7 Å². The second-order valence-corrected chi connectivity index (χ2v) is 7.55. The molecule has 4 rings (SSSR count). The largest absolute Gasteiger partial charge is 0.349 e. The molecule has 3 aromatic rings. The molecule has 1 aliphatic rings. The molecule has 4 nitrogen and oxygen atoms in total. The molecule has 0 aliphatic heterocycles. The lowest BCUT2D eigenvalue weighted by atomic mass is 9.95. The highest BCUT2D eigenvalue weighted by atomic mass is 19.1. The number of hydrogen-bond donors (Lipinski definition) is 2. The smallest absolute Gasteiger partial charge is 0.255 e. The molecule has 148 valence electrons. The molecule has 0 unspecified atom stereocenters. The van der Waals surface area contributed by atoms with Crippen LogP contribution in [0.4, 0.5) is 10.1 Å². The maximum atomic E-state index is 13.0. The highest BCUT2D eigenvalue weighted by Crippen LogP contribution is 2.22. The van der Waals surface area contributed by atoms with Gasteiger partial charge in [-0.1, -0.05) is 31.4 Å². The number of nitrogens with one attached hydrogen (secondary N) is 2. The lowest BCUT2D eigenvalue weighted by molar-refractivity contribution is 0.0927. The molecule has 0 aromatic heterocycles. The SMILES string of the molecule is O=C(Nc1ccc2cc(C(=O)NC3CCCCC3)ccc2c1)c1ccc(F)cc1. The van der Waals surface area contributed by atoms with Crippen molar-refractivity contribution in [2.45, 2.75) is 38.1 Å². The summed E-state index contributed by atoms with van der Waals surface area (Å²) in [6.07, 6.45) is 5.71. The number of amides is 2. The Morgan fingerprint density at radius 2 is 1.41 bits per heavy atom. The Hall–Kier alpha value is -3.21. The molecule has 1 saturated carbocycles. The number of fused-ring (bicyclic) bond motifs is 1. The second-order valence-electron chi connectivity index (χ2n) is 7.55. The van der Waals surface area contributed by atoms with Crippen LogP contribution < -0.4 is 10.6 Å². The minimum atomic E-state index is -0.379. The quantitative estimate of drug-likeness (QED) is 0.636. The molecular weight excluding hydrogens is 367 g/mol. The first-order valence-corrected chi connectivity index (χ1v) is 10.00. The van der Waals surface area contributed by atoms with Gasteiger partial charge in [-0.25, -0.2) is 4.39 Å². The average Bonchev–Trinajstić information content (AvgIpc) is 2.74. The third-order valence-corrected chi connectivity index (χ3v) is 5.41. The minimum Gasteiger partial charge on any atom is -0.349 e. The van der Waals surface area contributed by atoms with Crippen molar-refractivity contribution in [3.05, 3.63) is 77.6 Å². The van der Waals surface area contributed by atoms with E-state index in [-0.39, 0.29) is 23.7 Å². The van der Waals surface area contributed by atoms with Crippen LogP contribution in [-0.4, -0.2) is 17.9 Å². The number of rotatable bonds is 4. The molecule has 0 atom stereocenters. The first-order chi connectivity index (χ1) is 14.1. The van der Waals surface area contributed by atoms with E-state index < -0.39 is 0 Å². The number of carbonyl (C=O) groups excluding carboxylic acids is 2. The summed E-state index contributed by atoms with van der Waals surface area (Å²) in [6.45, 7) is 0. The monoisotopic (exact) mass is 390 g/mol. The second kappa shape index (κ2) is 8.43. The van der Waals surface area contributed by atoms with Crippen LogP contribution in [-0.2, 0) is 0 Å². The van der Waals surface area contributed by atoms with Gasteiger partial charge in [-0.15, -0.1) is 0 Å². The third kappa shape index (κ3) is 4.62. The van der Waals surface area contributed by atoms with Gasteiger partial charge in [-0.3, -0.25) is 9.59 Å². The molecule has 2 amide bonds. The minimum absolute atomic E-state index is 0.0347. The Bertz CT molecular complexity index is 1040. The first-order valence-electron chi connectivity index (χ1n) is 10.00.